The zero-order chi connectivity index (χ0) is 23.5. The van der Waals surface area contributed by atoms with Crippen molar-refractivity contribution in [1.29, 1.82) is 0 Å². The molecule has 2 atom stereocenters. The minimum Gasteiger partial charge on any atom is -0.493 e. The minimum absolute atomic E-state index is 0.126. The SMILES string of the molecule is FC1(F)Oc2ccc(C3COc4cc(C5CCc6ccccc6S5)ccc4C3)cc2OC1(F)F. The lowest BCUT2D eigenvalue weighted by atomic mass is 9.89. The fraction of sp³-hybridized carbons (Fsp3) is 0.308. The zero-order valence-electron chi connectivity index (χ0n) is 17.9. The molecule has 0 fully saturated rings. The molecule has 3 aromatic rings. The highest BCUT2D eigenvalue weighted by atomic mass is 32.2. The number of ether oxygens (including phenoxy) is 3. The molecule has 3 aliphatic rings. The lowest BCUT2D eigenvalue weighted by Crippen LogP contribution is -2.52. The molecule has 3 heterocycles. The number of aryl methyl sites for hydroxylation is 1. The number of hydrogen-bond donors (Lipinski definition) is 0. The lowest BCUT2D eigenvalue weighted by Gasteiger charge is -2.33. The lowest BCUT2D eigenvalue weighted by molar-refractivity contribution is -0.391. The number of rotatable bonds is 2. The molecule has 3 nitrogen and oxygen atoms in total. The van der Waals surface area contributed by atoms with Gasteiger partial charge in [0, 0.05) is 16.1 Å². The van der Waals surface area contributed by atoms with Crippen molar-refractivity contribution < 1.29 is 31.8 Å². The Bertz CT molecular complexity index is 1260. The van der Waals surface area contributed by atoms with Crippen LogP contribution in [-0.2, 0) is 12.8 Å². The average Bonchev–Trinajstić information content (AvgIpc) is 2.83. The molecule has 0 N–H and O–H groups in total. The van der Waals surface area contributed by atoms with Gasteiger partial charge in [-0.2, -0.15) is 17.6 Å². The van der Waals surface area contributed by atoms with Crippen molar-refractivity contribution in [2.75, 3.05) is 6.61 Å². The van der Waals surface area contributed by atoms with E-state index in [2.05, 4.69) is 51.9 Å². The van der Waals surface area contributed by atoms with Gasteiger partial charge in [0.15, 0.2) is 11.5 Å². The van der Waals surface area contributed by atoms with Crippen molar-refractivity contribution in [2.45, 2.75) is 47.5 Å². The zero-order valence-corrected chi connectivity index (χ0v) is 18.7. The average molecular weight is 489 g/mol. The smallest absolute Gasteiger partial charge is 0.493 e. The van der Waals surface area contributed by atoms with Crippen LogP contribution in [0, 0.1) is 0 Å². The molecule has 0 radical (unpaired) electrons. The first-order valence-electron chi connectivity index (χ1n) is 11.1. The Morgan fingerprint density at radius 1 is 0.765 bits per heavy atom. The summed E-state index contributed by atoms with van der Waals surface area (Å²) >= 11 is 1.87. The molecule has 34 heavy (non-hydrogen) atoms. The Labute approximate surface area is 198 Å². The van der Waals surface area contributed by atoms with Gasteiger partial charge >= 0.3 is 12.2 Å². The van der Waals surface area contributed by atoms with Crippen LogP contribution in [0.15, 0.2) is 65.6 Å². The van der Waals surface area contributed by atoms with Gasteiger partial charge in [-0.3, -0.25) is 0 Å². The Kier molecular flexibility index (Phi) is 4.99. The van der Waals surface area contributed by atoms with Crippen LogP contribution in [0.3, 0.4) is 0 Å². The molecular formula is C26H20F4O3S. The van der Waals surface area contributed by atoms with E-state index < -0.39 is 23.7 Å². The van der Waals surface area contributed by atoms with Gasteiger partial charge in [0.1, 0.15) is 5.75 Å². The van der Waals surface area contributed by atoms with Crippen LogP contribution in [-0.4, -0.2) is 18.8 Å². The second-order valence-electron chi connectivity index (χ2n) is 8.78. The Hall–Kier alpha value is -2.87. The predicted molar refractivity (Wildman–Crippen MR) is 119 cm³/mol. The molecule has 0 aliphatic carbocycles. The molecule has 0 spiro atoms. The third kappa shape index (κ3) is 3.68. The second kappa shape index (κ2) is 7.83. The largest absolute Gasteiger partial charge is 0.507 e. The molecule has 8 heteroatoms. The fourth-order valence-electron chi connectivity index (χ4n) is 4.70. The molecule has 0 amide bonds. The molecule has 6 rings (SSSR count). The number of alkyl halides is 4. The summed E-state index contributed by atoms with van der Waals surface area (Å²) in [5, 5.41) is 0.360. The van der Waals surface area contributed by atoms with E-state index in [0.29, 0.717) is 23.8 Å². The van der Waals surface area contributed by atoms with E-state index in [-0.39, 0.29) is 5.92 Å². The summed E-state index contributed by atoms with van der Waals surface area (Å²) in [5.41, 5.74) is 4.30. The maximum atomic E-state index is 13.6. The van der Waals surface area contributed by atoms with Crippen molar-refractivity contribution in [2.24, 2.45) is 0 Å². The van der Waals surface area contributed by atoms with E-state index in [1.165, 1.54) is 28.2 Å². The highest BCUT2D eigenvalue weighted by Gasteiger charge is 2.66. The summed E-state index contributed by atoms with van der Waals surface area (Å²) in [6, 6.07) is 18.9. The van der Waals surface area contributed by atoms with E-state index in [1.807, 2.05) is 11.8 Å². The summed E-state index contributed by atoms with van der Waals surface area (Å²) in [7, 11) is 0. The van der Waals surface area contributed by atoms with Gasteiger partial charge in [0.25, 0.3) is 0 Å². The van der Waals surface area contributed by atoms with Crippen LogP contribution in [0.1, 0.15) is 39.8 Å². The molecule has 3 aliphatic heterocycles. The summed E-state index contributed by atoms with van der Waals surface area (Å²) in [4.78, 5) is 1.32. The van der Waals surface area contributed by atoms with Crippen LogP contribution in [0.2, 0.25) is 0 Å². The van der Waals surface area contributed by atoms with Gasteiger partial charge in [-0.1, -0.05) is 36.4 Å². The number of benzene rings is 3. The topological polar surface area (TPSA) is 27.7 Å². The first kappa shape index (κ1) is 21.6. The first-order valence-corrected chi connectivity index (χ1v) is 11.9. The Morgan fingerprint density at radius 3 is 2.35 bits per heavy atom. The Balaban J connectivity index is 1.20. The minimum atomic E-state index is -4.73. The third-order valence-corrected chi connectivity index (χ3v) is 7.99. The van der Waals surface area contributed by atoms with Crippen LogP contribution < -0.4 is 14.2 Å². The van der Waals surface area contributed by atoms with Crippen molar-refractivity contribution in [3.63, 3.8) is 0 Å². The van der Waals surface area contributed by atoms with Crippen molar-refractivity contribution in [3.05, 3.63) is 82.9 Å². The van der Waals surface area contributed by atoms with Crippen molar-refractivity contribution >= 4 is 11.8 Å². The van der Waals surface area contributed by atoms with Crippen LogP contribution >= 0.6 is 11.8 Å². The molecule has 0 saturated carbocycles. The highest BCUT2D eigenvalue weighted by molar-refractivity contribution is 7.99. The fourth-order valence-corrected chi connectivity index (χ4v) is 6.00. The van der Waals surface area contributed by atoms with Gasteiger partial charge in [-0.25, -0.2) is 0 Å². The summed E-state index contributed by atoms with van der Waals surface area (Å²) < 4.78 is 68.5. The van der Waals surface area contributed by atoms with Gasteiger partial charge in [0.2, 0.25) is 0 Å². The first-order chi connectivity index (χ1) is 16.3. The van der Waals surface area contributed by atoms with E-state index in [9.17, 15) is 17.6 Å². The number of hydrogen-bond acceptors (Lipinski definition) is 4. The Morgan fingerprint density at radius 2 is 1.50 bits per heavy atom. The molecule has 2 unspecified atom stereocenters. The van der Waals surface area contributed by atoms with Gasteiger partial charge in [0.05, 0.1) is 6.61 Å². The van der Waals surface area contributed by atoms with Crippen LogP contribution in [0.25, 0.3) is 0 Å². The van der Waals surface area contributed by atoms with Gasteiger partial charge < -0.3 is 14.2 Å². The van der Waals surface area contributed by atoms with Crippen molar-refractivity contribution in [1.82, 2.24) is 0 Å². The summed E-state index contributed by atoms with van der Waals surface area (Å²) in [6.07, 6.45) is -6.71. The predicted octanol–water partition coefficient (Wildman–Crippen LogP) is 7.14. The number of thioether (sulfide) groups is 1. The maximum Gasteiger partial charge on any atom is 0.507 e. The van der Waals surface area contributed by atoms with E-state index in [4.69, 9.17) is 4.74 Å². The molecular weight excluding hydrogens is 468 g/mol. The number of fused-ring (bicyclic) bond motifs is 3. The molecule has 3 aromatic carbocycles. The summed E-state index contributed by atoms with van der Waals surface area (Å²) in [5.74, 6) is -0.103. The van der Waals surface area contributed by atoms with E-state index in [1.54, 1.807) is 6.07 Å². The van der Waals surface area contributed by atoms with E-state index >= 15 is 0 Å². The monoisotopic (exact) mass is 488 g/mol. The quantitative estimate of drug-likeness (QED) is 0.358. The molecule has 0 aromatic heterocycles. The standard InChI is InChI=1S/C26H20F4O3S/c27-25(28)26(29,30)33-22-12-16(7-9-20(22)32-25)19-11-17-5-6-18(13-21(17)31-14-19)24-10-8-15-3-1-2-4-23(15)34-24/h1-7,9,12-13,19,24H,8,10-11,14H2. The van der Waals surface area contributed by atoms with Crippen LogP contribution in [0.4, 0.5) is 17.6 Å². The van der Waals surface area contributed by atoms with Gasteiger partial charge in [-0.05, 0) is 65.8 Å². The third-order valence-electron chi connectivity index (χ3n) is 6.54. The second-order valence-corrected chi connectivity index (χ2v) is 10.0. The molecule has 0 saturated heterocycles. The van der Waals surface area contributed by atoms with Crippen molar-refractivity contribution in [3.8, 4) is 17.2 Å². The maximum absolute atomic E-state index is 13.6. The normalized spacial score (nSPS) is 23.9. The summed E-state index contributed by atoms with van der Waals surface area (Å²) in [6.45, 7) is 0.350. The highest BCUT2D eigenvalue weighted by Crippen LogP contribution is 2.49. The van der Waals surface area contributed by atoms with E-state index in [0.717, 1.165) is 24.2 Å². The van der Waals surface area contributed by atoms with Crippen LogP contribution in [0.5, 0.6) is 17.2 Å². The number of halogens is 4. The van der Waals surface area contributed by atoms with Gasteiger partial charge in [-0.15, -0.1) is 11.8 Å². The molecule has 176 valence electrons. The molecule has 0 bridgehead atoms.